The van der Waals surface area contributed by atoms with E-state index in [-0.39, 0.29) is 15.6 Å². The number of nitrogens with one attached hydrogen (secondary N) is 1. The second-order valence-corrected chi connectivity index (χ2v) is 5.93. The van der Waals surface area contributed by atoms with Crippen molar-refractivity contribution in [2.24, 2.45) is 0 Å². The van der Waals surface area contributed by atoms with E-state index in [1.165, 1.54) is 18.3 Å². The second-order valence-electron chi connectivity index (χ2n) is 4.04. The predicted octanol–water partition coefficient (Wildman–Crippen LogP) is 1.77. The van der Waals surface area contributed by atoms with Gasteiger partial charge in [-0.3, -0.25) is 10.1 Å². The number of aryl methyl sites for hydroxylation is 2. The minimum atomic E-state index is -3.83. The number of nitrogens with zero attached hydrogens (tertiary/aromatic N) is 2. The topological polar surface area (TPSA) is 106 Å². The summed E-state index contributed by atoms with van der Waals surface area (Å²) in [5, 5.41) is 10.6. The van der Waals surface area contributed by atoms with Crippen molar-refractivity contribution < 1.29 is 13.3 Å². The summed E-state index contributed by atoms with van der Waals surface area (Å²) in [6, 6.07) is 3.74. The Morgan fingerprint density at radius 3 is 2.53 bits per heavy atom. The van der Waals surface area contributed by atoms with Crippen LogP contribution in [0.25, 0.3) is 0 Å². The van der Waals surface area contributed by atoms with Gasteiger partial charge >= 0.3 is 0 Å². The Balaban J connectivity index is 2.64. The van der Waals surface area contributed by atoms with Gasteiger partial charge in [-0.05, 0) is 19.4 Å². The molecular weight excluding hydrogens is 270 g/mol. The number of aromatic nitrogens is 2. The molecule has 0 aliphatic heterocycles. The summed E-state index contributed by atoms with van der Waals surface area (Å²) in [6.45, 7) is 3.21. The van der Waals surface area contributed by atoms with Gasteiger partial charge in [0.05, 0.1) is 16.0 Å². The van der Waals surface area contributed by atoms with Crippen LogP contribution in [0.5, 0.6) is 0 Å². The van der Waals surface area contributed by atoms with Crippen LogP contribution in [0.2, 0.25) is 0 Å². The van der Waals surface area contributed by atoms with Crippen LogP contribution < -0.4 is 0 Å². The van der Waals surface area contributed by atoms with E-state index in [1.54, 1.807) is 13.8 Å². The lowest BCUT2D eigenvalue weighted by atomic mass is 10.2. The monoisotopic (exact) mass is 281 g/mol. The van der Waals surface area contributed by atoms with Crippen LogP contribution in [0.3, 0.4) is 0 Å². The van der Waals surface area contributed by atoms with Crippen LogP contribution in [0.4, 0.5) is 5.69 Å². The Bertz CT molecular complexity index is 749. The van der Waals surface area contributed by atoms with Gasteiger partial charge in [-0.25, -0.2) is 13.4 Å². The minimum Gasteiger partial charge on any atom is -0.333 e. The quantitative estimate of drug-likeness (QED) is 0.681. The fourth-order valence-corrected chi connectivity index (χ4v) is 3.12. The molecule has 100 valence electrons. The number of sulfone groups is 1. The number of hydrogen-bond acceptors (Lipinski definition) is 5. The number of imidazole rings is 1. The molecule has 0 saturated heterocycles. The molecule has 0 saturated carbocycles. The van der Waals surface area contributed by atoms with Crippen molar-refractivity contribution in [3.05, 3.63) is 45.9 Å². The minimum absolute atomic E-state index is 0.0754. The molecule has 1 aromatic carbocycles. The van der Waals surface area contributed by atoms with Gasteiger partial charge in [0.25, 0.3) is 5.69 Å². The molecule has 0 fully saturated rings. The third-order valence-corrected chi connectivity index (χ3v) is 4.45. The molecular formula is C11H11N3O4S. The Labute approximate surface area is 109 Å². The number of H-pyrrole nitrogens is 1. The molecule has 0 radical (unpaired) electrons. The zero-order valence-electron chi connectivity index (χ0n) is 10.2. The average molecular weight is 281 g/mol. The molecule has 8 heteroatoms. The van der Waals surface area contributed by atoms with Gasteiger partial charge in [0.15, 0.2) is 5.03 Å². The number of aromatic amines is 1. The zero-order valence-corrected chi connectivity index (χ0v) is 11.1. The maximum Gasteiger partial charge on any atom is 0.270 e. The number of nitro groups is 1. The summed E-state index contributed by atoms with van der Waals surface area (Å²) in [5.41, 5.74) is 0.179. The normalized spacial score (nSPS) is 11.5. The van der Waals surface area contributed by atoms with Gasteiger partial charge in [-0.2, -0.15) is 0 Å². The number of hydrogen-bond donors (Lipinski definition) is 1. The highest BCUT2D eigenvalue weighted by Crippen LogP contribution is 2.26. The summed E-state index contributed by atoms with van der Waals surface area (Å²) >= 11 is 0. The second kappa shape index (κ2) is 4.47. The van der Waals surface area contributed by atoms with Crippen LogP contribution in [0.15, 0.2) is 34.3 Å². The molecule has 2 aromatic rings. The molecule has 0 aliphatic carbocycles. The number of benzene rings is 1. The zero-order chi connectivity index (χ0) is 14.2. The molecule has 0 amide bonds. The van der Waals surface area contributed by atoms with Crippen molar-refractivity contribution >= 4 is 15.5 Å². The molecule has 1 aromatic heterocycles. The van der Waals surface area contributed by atoms with Crippen molar-refractivity contribution in [1.29, 1.82) is 0 Å². The molecule has 7 nitrogen and oxygen atoms in total. The molecule has 19 heavy (non-hydrogen) atoms. The van der Waals surface area contributed by atoms with E-state index in [4.69, 9.17) is 0 Å². The first-order chi connectivity index (χ1) is 8.82. The van der Waals surface area contributed by atoms with Gasteiger partial charge in [0.1, 0.15) is 5.82 Å². The summed E-state index contributed by atoms with van der Waals surface area (Å²) in [6.07, 6.45) is 1.20. The molecule has 0 aliphatic rings. The highest BCUT2D eigenvalue weighted by atomic mass is 32.2. The molecule has 1 N–H and O–H groups in total. The highest BCUT2D eigenvalue weighted by molar-refractivity contribution is 7.91. The first-order valence-corrected chi connectivity index (χ1v) is 6.82. The van der Waals surface area contributed by atoms with Crippen LogP contribution in [0, 0.1) is 24.0 Å². The van der Waals surface area contributed by atoms with Crippen LogP contribution in [-0.2, 0) is 9.84 Å². The van der Waals surface area contributed by atoms with E-state index < -0.39 is 14.8 Å². The van der Waals surface area contributed by atoms with E-state index in [2.05, 4.69) is 9.97 Å². The van der Waals surface area contributed by atoms with E-state index in [0.717, 1.165) is 6.07 Å². The lowest BCUT2D eigenvalue weighted by Gasteiger charge is -2.05. The maximum atomic E-state index is 12.3. The third-order valence-electron chi connectivity index (χ3n) is 2.64. The average Bonchev–Trinajstić information content (AvgIpc) is 2.76. The van der Waals surface area contributed by atoms with E-state index >= 15 is 0 Å². The van der Waals surface area contributed by atoms with Gasteiger partial charge in [-0.15, -0.1) is 0 Å². The highest BCUT2D eigenvalue weighted by Gasteiger charge is 2.24. The van der Waals surface area contributed by atoms with Crippen molar-refractivity contribution in [3.63, 3.8) is 0 Å². The van der Waals surface area contributed by atoms with E-state index in [9.17, 15) is 18.5 Å². The van der Waals surface area contributed by atoms with Crippen molar-refractivity contribution in [3.8, 4) is 0 Å². The summed E-state index contributed by atoms with van der Waals surface area (Å²) in [5.74, 6) is 0.460. The first kappa shape index (κ1) is 13.2. The predicted molar refractivity (Wildman–Crippen MR) is 66.6 cm³/mol. The molecule has 0 atom stereocenters. The van der Waals surface area contributed by atoms with Crippen molar-refractivity contribution in [2.75, 3.05) is 0 Å². The Morgan fingerprint density at radius 1 is 1.32 bits per heavy atom. The molecule has 1 heterocycles. The van der Waals surface area contributed by atoms with Gasteiger partial charge in [-0.1, -0.05) is 6.07 Å². The van der Waals surface area contributed by atoms with Crippen LogP contribution in [-0.4, -0.2) is 23.3 Å². The van der Waals surface area contributed by atoms with Crippen molar-refractivity contribution in [1.82, 2.24) is 9.97 Å². The largest absolute Gasteiger partial charge is 0.333 e. The smallest absolute Gasteiger partial charge is 0.270 e. The SMILES string of the molecule is Cc1ncc(S(=O)(=O)c2cc([N+](=O)[O-])ccc2C)[nH]1. The summed E-state index contributed by atoms with van der Waals surface area (Å²) < 4.78 is 24.7. The standard InChI is InChI=1S/C11H11N3O4S/c1-7-3-4-9(14(15)16)5-10(7)19(17,18)11-6-12-8(2)13-11/h3-6H,1-2H3,(H,12,13). The summed E-state index contributed by atoms with van der Waals surface area (Å²) in [7, 11) is -3.83. The summed E-state index contributed by atoms with van der Waals surface area (Å²) in [4.78, 5) is 16.5. The van der Waals surface area contributed by atoms with E-state index in [1.807, 2.05) is 0 Å². The van der Waals surface area contributed by atoms with Crippen molar-refractivity contribution in [2.45, 2.75) is 23.8 Å². The first-order valence-electron chi connectivity index (χ1n) is 5.34. The van der Waals surface area contributed by atoms with Crippen LogP contribution in [0.1, 0.15) is 11.4 Å². The fourth-order valence-electron chi connectivity index (χ4n) is 1.65. The molecule has 0 unspecified atom stereocenters. The Kier molecular flexibility index (Phi) is 3.11. The van der Waals surface area contributed by atoms with Crippen LogP contribution >= 0.6 is 0 Å². The fraction of sp³-hybridized carbons (Fsp3) is 0.182. The Morgan fingerprint density at radius 2 is 2.00 bits per heavy atom. The number of rotatable bonds is 3. The Hall–Kier alpha value is -2.22. The molecule has 0 spiro atoms. The van der Waals surface area contributed by atoms with Gasteiger partial charge in [0.2, 0.25) is 9.84 Å². The lowest BCUT2D eigenvalue weighted by molar-refractivity contribution is -0.385. The lowest BCUT2D eigenvalue weighted by Crippen LogP contribution is -2.05. The number of non-ortho nitro benzene ring substituents is 1. The van der Waals surface area contributed by atoms with E-state index in [0.29, 0.717) is 11.4 Å². The maximum absolute atomic E-state index is 12.3. The number of nitro benzene ring substituents is 1. The van der Waals surface area contributed by atoms with Gasteiger partial charge in [0, 0.05) is 12.1 Å². The molecule has 0 bridgehead atoms. The third kappa shape index (κ3) is 2.34. The molecule has 2 rings (SSSR count). The van der Waals surface area contributed by atoms with Gasteiger partial charge < -0.3 is 4.98 Å².